The Morgan fingerprint density at radius 3 is 2.17 bits per heavy atom. The average molecular weight is 240 g/mol. The van der Waals surface area contributed by atoms with Gasteiger partial charge in [0.25, 0.3) is 0 Å². The molecule has 2 nitrogen and oxygen atoms in total. The quantitative estimate of drug-likeness (QED) is 0.804. The molecule has 18 heavy (non-hydrogen) atoms. The molecule has 94 valence electrons. The Kier molecular flexibility index (Phi) is 2.28. The second-order valence-corrected chi connectivity index (χ2v) is 6.05. The maximum Gasteiger partial charge on any atom is 0.0366 e. The largest absolute Gasteiger partial charge is 0.371 e. The Morgan fingerprint density at radius 1 is 1.00 bits per heavy atom. The topological polar surface area (TPSA) is 29.3 Å². The molecule has 2 fully saturated rings. The minimum absolute atomic E-state index is 0.638. The van der Waals surface area contributed by atoms with Crippen LogP contribution in [-0.2, 0) is 6.54 Å². The summed E-state index contributed by atoms with van der Waals surface area (Å²) in [6.07, 6.45) is 6.36. The molecule has 2 aliphatic carbocycles. The minimum atomic E-state index is 0.638. The number of nitrogens with zero attached hydrogens (tertiary/aromatic N) is 1. The summed E-state index contributed by atoms with van der Waals surface area (Å²) in [4.78, 5) is 2.57. The van der Waals surface area contributed by atoms with E-state index in [1.165, 1.54) is 30.8 Å². The number of fused-ring (bicyclic) bond motifs is 5. The van der Waals surface area contributed by atoms with Crippen molar-refractivity contribution in [1.82, 2.24) is 0 Å². The van der Waals surface area contributed by atoms with E-state index in [2.05, 4.69) is 41.3 Å². The SMILES string of the molecule is NCc1ccc(N2CC3C4C=CC(C4)C3C2)cc1. The average Bonchev–Trinajstić information content (AvgIpc) is 3.10. The molecular weight excluding hydrogens is 220 g/mol. The fourth-order valence-electron chi connectivity index (χ4n) is 4.21. The molecule has 0 radical (unpaired) electrons. The normalized spacial score (nSPS) is 36.4. The highest BCUT2D eigenvalue weighted by atomic mass is 15.2. The fourth-order valence-corrected chi connectivity index (χ4v) is 4.21. The monoisotopic (exact) mass is 240 g/mol. The summed E-state index contributed by atoms with van der Waals surface area (Å²) in [6.45, 7) is 3.13. The number of allylic oxidation sites excluding steroid dienone is 2. The molecule has 0 aromatic heterocycles. The molecule has 0 spiro atoms. The van der Waals surface area contributed by atoms with Gasteiger partial charge in [0, 0.05) is 25.3 Å². The van der Waals surface area contributed by atoms with Crippen LogP contribution >= 0.6 is 0 Å². The Balaban J connectivity index is 1.54. The molecule has 1 heterocycles. The zero-order valence-electron chi connectivity index (χ0n) is 10.6. The van der Waals surface area contributed by atoms with Crippen molar-refractivity contribution in [3.05, 3.63) is 42.0 Å². The van der Waals surface area contributed by atoms with Gasteiger partial charge in [-0.1, -0.05) is 24.3 Å². The van der Waals surface area contributed by atoms with Gasteiger partial charge in [-0.15, -0.1) is 0 Å². The van der Waals surface area contributed by atoms with Crippen molar-refractivity contribution in [2.75, 3.05) is 18.0 Å². The molecule has 4 unspecified atom stereocenters. The standard InChI is InChI=1S/C16H20N2/c17-8-11-1-5-14(6-2-11)18-9-15-12-3-4-13(7-12)16(15)10-18/h1-6,12-13,15-16H,7-10,17H2. The van der Waals surface area contributed by atoms with Crippen molar-refractivity contribution in [3.8, 4) is 0 Å². The first-order valence-electron chi connectivity index (χ1n) is 7.07. The summed E-state index contributed by atoms with van der Waals surface area (Å²) in [5, 5.41) is 0. The Bertz CT molecular complexity index is 456. The van der Waals surface area contributed by atoms with Gasteiger partial charge >= 0.3 is 0 Å². The first-order chi connectivity index (χ1) is 8.85. The molecule has 4 rings (SSSR count). The lowest BCUT2D eigenvalue weighted by atomic mass is 9.86. The molecule has 2 heteroatoms. The van der Waals surface area contributed by atoms with Gasteiger partial charge in [-0.3, -0.25) is 0 Å². The second-order valence-electron chi connectivity index (χ2n) is 6.05. The second kappa shape index (κ2) is 3.86. The van der Waals surface area contributed by atoms with Crippen molar-refractivity contribution in [2.45, 2.75) is 13.0 Å². The molecule has 3 aliphatic rings. The smallest absolute Gasteiger partial charge is 0.0366 e. The summed E-state index contributed by atoms with van der Waals surface area (Å²) in [5.41, 5.74) is 8.25. The van der Waals surface area contributed by atoms with E-state index in [0.717, 1.165) is 23.7 Å². The first kappa shape index (κ1) is 10.6. The summed E-state index contributed by atoms with van der Waals surface area (Å²) in [5.74, 6) is 3.56. The lowest BCUT2D eigenvalue weighted by molar-refractivity contribution is 0.395. The number of rotatable bonds is 2. The van der Waals surface area contributed by atoms with Gasteiger partial charge in [-0.2, -0.15) is 0 Å². The number of anilines is 1. The van der Waals surface area contributed by atoms with Crippen LogP contribution in [-0.4, -0.2) is 13.1 Å². The van der Waals surface area contributed by atoms with Crippen LogP contribution in [0.3, 0.4) is 0 Å². The summed E-state index contributed by atoms with van der Waals surface area (Å²) in [7, 11) is 0. The van der Waals surface area contributed by atoms with Crippen molar-refractivity contribution in [2.24, 2.45) is 29.4 Å². The lowest BCUT2D eigenvalue weighted by Gasteiger charge is -2.21. The summed E-state index contributed by atoms with van der Waals surface area (Å²) >= 11 is 0. The van der Waals surface area contributed by atoms with Crippen LogP contribution < -0.4 is 10.6 Å². The van der Waals surface area contributed by atoms with Gasteiger partial charge in [-0.25, -0.2) is 0 Å². The van der Waals surface area contributed by atoms with E-state index in [9.17, 15) is 0 Å². The fraction of sp³-hybridized carbons (Fsp3) is 0.500. The molecule has 0 amide bonds. The van der Waals surface area contributed by atoms with Crippen molar-refractivity contribution < 1.29 is 0 Å². The van der Waals surface area contributed by atoms with Gasteiger partial charge in [0.1, 0.15) is 0 Å². The molecule has 1 saturated heterocycles. The molecule has 2 bridgehead atoms. The number of benzene rings is 1. The van der Waals surface area contributed by atoms with Crippen LogP contribution in [0.2, 0.25) is 0 Å². The third-order valence-corrected chi connectivity index (χ3v) is 5.20. The Hall–Kier alpha value is -1.28. The van der Waals surface area contributed by atoms with E-state index in [4.69, 9.17) is 5.73 Å². The number of hydrogen-bond acceptors (Lipinski definition) is 2. The third-order valence-electron chi connectivity index (χ3n) is 5.20. The maximum absolute atomic E-state index is 5.65. The van der Waals surface area contributed by atoms with Crippen LogP contribution in [0.1, 0.15) is 12.0 Å². The zero-order chi connectivity index (χ0) is 12.1. The molecular formula is C16H20N2. The van der Waals surface area contributed by atoms with Crippen LogP contribution in [0.25, 0.3) is 0 Å². The molecule has 1 saturated carbocycles. The third kappa shape index (κ3) is 1.45. The van der Waals surface area contributed by atoms with Crippen molar-refractivity contribution in [3.63, 3.8) is 0 Å². The van der Waals surface area contributed by atoms with E-state index < -0.39 is 0 Å². The van der Waals surface area contributed by atoms with E-state index in [1.54, 1.807) is 0 Å². The summed E-state index contributed by atoms with van der Waals surface area (Å²) < 4.78 is 0. The predicted octanol–water partition coefficient (Wildman–Crippen LogP) is 2.40. The van der Waals surface area contributed by atoms with Gasteiger partial charge in [0.05, 0.1) is 0 Å². The number of hydrogen-bond donors (Lipinski definition) is 1. The highest BCUT2D eigenvalue weighted by molar-refractivity contribution is 5.49. The summed E-state index contributed by atoms with van der Waals surface area (Å²) in [6, 6.07) is 8.80. The van der Waals surface area contributed by atoms with Crippen LogP contribution in [0.5, 0.6) is 0 Å². The molecule has 4 atom stereocenters. The molecule has 1 aromatic carbocycles. The van der Waals surface area contributed by atoms with Crippen molar-refractivity contribution in [1.29, 1.82) is 0 Å². The van der Waals surface area contributed by atoms with E-state index >= 15 is 0 Å². The zero-order valence-corrected chi connectivity index (χ0v) is 10.6. The van der Waals surface area contributed by atoms with Crippen LogP contribution in [0.15, 0.2) is 36.4 Å². The van der Waals surface area contributed by atoms with E-state index in [-0.39, 0.29) is 0 Å². The first-order valence-corrected chi connectivity index (χ1v) is 7.07. The van der Waals surface area contributed by atoms with Gasteiger partial charge < -0.3 is 10.6 Å². The van der Waals surface area contributed by atoms with Gasteiger partial charge in [-0.05, 0) is 47.8 Å². The highest BCUT2D eigenvalue weighted by Gasteiger charge is 2.49. The van der Waals surface area contributed by atoms with Gasteiger partial charge in [0.15, 0.2) is 0 Å². The molecule has 1 aromatic rings. The number of nitrogens with two attached hydrogens (primary N) is 1. The van der Waals surface area contributed by atoms with E-state index in [1.807, 2.05) is 0 Å². The van der Waals surface area contributed by atoms with Crippen molar-refractivity contribution >= 4 is 5.69 Å². The van der Waals surface area contributed by atoms with Gasteiger partial charge in [0.2, 0.25) is 0 Å². The predicted molar refractivity (Wildman–Crippen MR) is 74.3 cm³/mol. The van der Waals surface area contributed by atoms with Crippen LogP contribution in [0, 0.1) is 23.7 Å². The Labute approximate surface area is 108 Å². The Morgan fingerprint density at radius 2 is 1.61 bits per heavy atom. The lowest BCUT2D eigenvalue weighted by Crippen LogP contribution is -2.22. The van der Waals surface area contributed by atoms with E-state index in [0.29, 0.717) is 6.54 Å². The molecule has 1 aliphatic heterocycles. The molecule has 2 N–H and O–H groups in total. The maximum atomic E-state index is 5.65. The van der Waals surface area contributed by atoms with Crippen LogP contribution in [0.4, 0.5) is 5.69 Å². The highest BCUT2D eigenvalue weighted by Crippen LogP contribution is 2.51. The minimum Gasteiger partial charge on any atom is -0.371 e.